The highest BCUT2D eigenvalue weighted by Gasteiger charge is 2.38. The molecule has 1 aliphatic heterocycles. The molecule has 4 rings (SSSR count). The lowest BCUT2D eigenvalue weighted by molar-refractivity contribution is -0.146. The quantitative estimate of drug-likeness (QED) is 0.682. The van der Waals surface area contributed by atoms with Crippen molar-refractivity contribution in [3.8, 4) is 0 Å². The number of rotatable bonds is 4. The highest BCUT2D eigenvalue weighted by atomic mass is 19.4. The minimum atomic E-state index is -4.64. The van der Waals surface area contributed by atoms with Crippen molar-refractivity contribution < 1.29 is 18.0 Å². The third-order valence-electron chi connectivity index (χ3n) is 5.34. The van der Waals surface area contributed by atoms with E-state index in [-0.39, 0.29) is 17.5 Å². The third-order valence-corrected chi connectivity index (χ3v) is 5.34. The molecular weight excluding hydrogens is 411 g/mol. The fourth-order valence-electron chi connectivity index (χ4n) is 3.58. The number of carbonyl (C=O) groups is 1. The molecule has 31 heavy (non-hydrogen) atoms. The largest absolute Gasteiger partial charge is 0.453 e. The van der Waals surface area contributed by atoms with Crippen LogP contribution in [0.25, 0.3) is 5.65 Å². The summed E-state index contributed by atoms with van der Waals surface area (Å²) in [4.78, 5) is 16.5. The number of halogens is 3. The number of amides is 1. The summed E-state index contributed by atoms with van der Waals surface area (Å²) < 4.78 is 40.0. The van der Waals surface area contributed by atoms with E-state index in [1.807, 2.05) is 48.2 Å². The van der Waals surface area contributed by atoms with Gasteiger partial charge < -0.3 is 15.1 Å². The fraction of sp³-hybridized carbons (Fsp3) is 0.400. The zero-order chi connectivity index (χ0) is 22.2. The average Bonchev–Trinajstić information content (AvgIpc) is 3.18. The lowest BCUT2D eigenvalue weighted by Gasteiger charge is -2.32. The molecule has 164 valence electrons. The Morgan fingerprint density at radius 3 is 2.35 bits per heavy atom. The van der Waals surface area contributed by atoms with E-state index in [0.717, 1.165) is 11.4 Å². The van der Waals surface area contributed by atoms with Gasteiger partial charge in [0.15, 0.2) is 5.65 Å². The van der Waals surface area contributed by atoms with Gasteiger partial charge in [-0.3, -0.25) is 4.79 Å². The second kappa shape index (κ2) is 8.05. The van der Waals surface area contributed by atoms with Gasteiger partial charge in [0, 0.05) is 44.5 Å². The van der Waals surface area contributed by atoms with Gasteiger partial charge in [-0.05, 0) is 49.2 Å². The van der Waals surface area contributed by atoms with Gasteiger partial charge in [0.2, 0.25) is 5.91 Å². The summed E-state index contributed by atoms with van der Waals surface area (Å²) in [6.07, 6.45) is -3.48. The molecular formula is C20H22F3N7O. The Labute approximate surface area is 176 Å². The van der Waals surface area contributed by atoms with E-state index in [2.05, 4.69) is 20.6 Å². The van der Waals surface area contributed by atoms with Gasteiger partial charge in [-0.1, -0.05) is 0 Å². The van der Waals surface area contributed by atoms with Crippen LogP contribution in [0, 0.1) is 5.92 Å². The van der Waals surface area contributed by atoms with E-state index < -0.39 is 12.0 Å². The van der Waals surface area contributed by atoms with Crippen molar-refractivity contribution in [3.05, 3.63) is 42.2 Å². The topological polar surface area (TPSA) is 78.7 Å². The normalized spacial score (nSPS) is 15.3. The highest BCUT2D eigenvalue weighted by Crippen LogP contribution is 2.29. The van der Waals surface area contributed by atoms with Crippen LogP contribution < -0.4 is 15.1 Å². The Morgan fingerprint density at radius 1 is 1.06 bits per heavy atom. The van der Waals surface area contributed by atoms with Crippen LogP contribution in [0.15, 0.2) is 36.4 Å². The van der Waals surface area contributed by atoms with Crippen LogP contribution in [-0.4, -0.2) is 52.9 Å². The van der Waals surface area contributed by atoms with Crippen molar-refractivity contribution in [2.24, 2.45) is 5.92 Å². The summed E-state index contributed by atoms with van der Waals surface area (Å²) in [5, 5.41) is 13.7. The molecule has 3 heterocycles. The Morgan fingerprint density at radius 2 is 1.74 bits per heavy atom. The highest BCUT2D eigenvalue weighted by molar-refractivity contribution is 5.92. The number of nitrogens with one attached hydrogen (secondary N) is 1. The molecule has 0 radical (unpaired) electrons. The molecule has 2 aromatic heterocycles. The molecule has 3 aromatic rings. The lowest BCUT2D eigenvalue weighted by Crippen LogP contribution is -2.38. The van der Waals surface area contributed by atoms with Crippen LogP contribution >= 0.6 is 0 Å². The number of hydrogen-bond acceptors (Lipinski definition) is 6. The molecule has 8 nitrogen and oxygen atoms in total. The molecule has 1 aliphatic rings. The van der Waals surface area contributed by atoms with Crippen molar-refractivity contribution >= 4 is 28.7 Å². The minimum absolute atomic E-state index is 0.0330. The molecule has 0 atom stereocenters. The maximum atomic E-state index is 13.1. The van der Waals surface area contributed by atoms with E-state index in [9.17, 15) is 18.0 Å². The van der Waals surface area contributed by atoms with Gasteiger partial charge in [-0.25, -0.2) is 0 Å². The van der Waals surface area contributed by atoms with Crippen LogP contribution in [0.5, 0.6) is 0 Å². The molecule has 0 unspecified atom stereocenters. The van der Waals surface area contributed by atoms with Gasteiger partial charge in [0.25, 0.3) is 5.82 Å². The Bertz CT molecular complexity index is 1070. The average molecular weight is 433 g/mol. The summed E-state index contributed by atoms with van der Waals surface area (Å²) in [6, 6.07) is 10.7. The van der Waals surface area contributed by atoms with E-state index >= 15 is 0 Å². The van der Waals surface area contributed by atoms with Crippen LogP contribution in [0.2, 0.25) is 0 Å². The first kappa shape index (κ1) is 20.9. The number of aromatic nitrogens is 4. The Kier molecular flexibility index (Phi) is 5.42. The maximum Gasteiger partial charge on any atom is 0.453 e. The van der Waals surface area contributed by atoms with Gasteiger partial charge in [-0.15, -0.1) is 15.3 Å². The van der Waals surface area contributed by atoms with Crippen molar-refractivity contribution in [2.45, 2.75) is 19.0 Å². The van der Waals surface area contributed by atoms with Crippen molar-refractivity contribution in [3.63, 3.8) is 0 Å². The van der Waals surface area contributed by atoms with Crippen LogP contribution in [0.1, 0.15) is 18.7 Å². The third kappa shape index (κ3) is 4.39. The predicted octanol–water partition coefficient (Wildman–Crippen LogP) is 3.06. The van der Waals surface area contributed by atoms with E-state index in [4.69, 9.17) is 0 Å². The first-order chi connectivity index (χ1) is 14.7. The van der Waals surface area contributed by atoms with E-state index in [1.165, 1.54) is 6.07 Å². The molecule has 0 aliphatic carbocycles. The first-order valence-corrected chi connectivity index (χ1v) is 9.85. The molecule has 1 saturated heterocycles. The SMILES string of the molecule is CN(C)c1ccc(NC(=O)C2CCN(c3ccc4nnc(C(F)(F)F)n4n3)CC2)cc1. The number of piperidine rings is 1. The predicted molar refractivity (Wildman–Crippen MR) is 110 cm³/mol. The number of anilines is 3. The number of hydrogen-bond donors (Lipinski definition) is 1. The second-order valence-electron chi connectivity index (χ2n) is 7.67. The molecule has 1 N–H and O–H groups in total. The summed E-state index contributed by atoms with van der Waals surface area (Å²) >= 11 is 0. The van der Waals surface area contributed by atoms with Gasteiger partial charge in [-0.2, -0.15) is 17.7 Å². The van der Waals surface area contributed by atoms with Crippen molar-refractivity contribution in [1.82, 2.24) is 19.8 Å². The molecule has 11 heteroatoms. The van der Waals surface area contributed by atoms with Crippen LogP contribution in [-0.2, 0) is 11.0 Å². The molecule has 1 aromatic carbocycles. The fourth-order valence-corrected chi connectivity index (χ4v) is 3.58. The smallest absolute Gasteiger partial charge is 0.378 e. The van der Waals surface area contributed by atoms with E-state index in [1.54, 1.807) is 6.07 Å². The molecule has 0 bridgehead atoms. The minimum Gasteiger partial charge on any atom is -0.378 e. The van der Waals surface area contributed by atoms with Crippen LogP contribution in [0.4, 0.5) is 30.4 Å². The number of benzene rings is 1. The zero-order valence-electron chi connectivity index (χ0n) is 17.1. The summed E-state index contributed by atoms with van der Waals surface area (Å²) in [7, 11) is 3.89. The Hall–Kier alpha value is -3.37. The molecule has 0 saturated carbocycles. The van der Waals surface area contributed by atoms with E-state index in [0.29, 0.717) is 36.3 Å². The second-order valence-corrected chi connectivity index (χ2v) is 7.67. The number of carbonyl (C=O) groups excluding carboxylic acids is 1. The number of fused-ring (bicyclic) bond motifs is 1. The number of nitrogens with zero attached hydrogens (tertiary/aromatic N) is 6. The summed E-state index contributed by atoms with van der Waals surface area (Å²) in [5.41, 5.74) is 1.81. The Balaban J connectivity index is 1.39. The monoisotopic (exact) mass is 433 g/mol. The van der Waals surface area contributed by atoms with Crippen LogP contribution in [0.3, 0.4) is 0 Å². The molecule has 0 spiro atoms. The first-order valence-electron chi connectivity index (χ1n) is 9.85. The number of alkyl halides is 3. The van der Waals surface area contributed by atoms with Gasteiger partial charge >= 0.3 is 6.18 Å². The van der Waals surface area contributed by atoms with Gasteiger partial charge in [0.1, 0.15) is 5.82 Å². The maximum absolute atomic E-state index is 13.1. The zero-order valence-corrected chi connectivity index (χ0v) is 17.1. The lowest BCUT2D eigenvalue weighted by atomic mass is 9.96. The standard InChI is InChI=1S/C20H22F3N7O/c1-28(2)15-5-3-14(4-6-15)24-18(31)13-9-11-29(12-10-13)17-8-7-16-25-26-19(20(21,22)23)30(16)27-17/h3-8,13H,9-12H2,1-2H3,(H,24,31). The summed E-state index contributed by atoms with van der Waals surface area (Å²) in [5.74, 6) is -0.984. The molecule has 1 amide bonds. The van der Waals surface area contributed by atoms with Crippen molar-refractivity contribution in [1.29, 1.82) is 0 Å². The van der Waals surface area contributed by atoms with Crippen molar-refractivity contribution in [2.75, 3.05) is 42.3 Å². The molecule has 1 fully saturated rings. The summed E-state index contributed by atoms with van der Waals surface area (Å²) in [6.45, 7) is 1.03. The van der Waals surface area contributed by atoms with Gasteiger partial charge in [0.05, 0.1) is 0 Å².